The molecule has 0 radical (unpaired) electrons. The third kappa shape index (κ3) is 7.44. The van der Waals surface area contributed by atoms with Crippen molar-refractivity contribution in [2.24, 2.45) is 5.92 Å². The Balaban J connectivity index is 3.32. The second-order valence-corrected chi connectivity index (χ2v) is 2.57. The van der Waals surface area contributed by atoms with Crippen LogP contribution < -0.4 is 0 Å². The van der Waals surface area contributed by atoms with Crippen LogP contribution in [0.3, 0.4) is 0 Å². The van der Waals surface area contributed by atoms with Crippen LogP contribution in [-0.2, 0) is 0 Å². The van der Waals surface area contributed by atoms with E-state index in [1.54, 1.807) is 0 Å². The molecule has 0 aliphatic heterocycles. The first-order chi connectivity index (χ1) is 4.77. The molecule has 0 fully saturated rings. The molecule has 10 heavy (non-hydrogen) atoms. The van der Waals surface area contributed by atoms with E-state index >= 15 is 0 Å². The van der Waals surface area contributed by atoms with Gasteiger partial charge in [0.2, 0.25) is 0 Å². The zero-order chi connectivity index (χ0) is 7.82. The molecule has 0 heterocycles. The van der Waals surface area contributed by atoms with Gasteiger partial charge in [-0.3, -0.25) is 0 Å². The molecule has 0 aromatic carbocycles. The molecule has 1 nitrogen and oxygen atoms in total. The second-order valence-electron chi connectivity index (χ2n) is 2.57. The zero-order valence-electron chi connectivity index (χ0n) is 6.75. The largest absolute Gasteiger partial charge is 0.396 e. The Labute approximate surface area is 63.1 Å². The van der Waals surface area contributed by atoms with E-state index in [1.165, 1.54) is 0 Å². The number of aliphatic hydroxyl groups excluding tert-OH is 1. The fourth-order valence-corrected chi connectivity index (χ4v) is 0.536. The van der Waals surface area contributed by atoms with E-state index in [0.29, 0.717) is 5.92 Å². The average Bonchev–Trinajstić information content (AvgIpc) is 1.87. The Kier molecular flexibility index (Phi) is 6.19. The lowest BCUT2D eigenvalue weighted by molar-refractivity contribution is 0.302. The maximum atomic E-state index is 8.40. The van der Waals surface area contributed by atoms with Gasteiger partial charge in [0.15, 0.2) is 0 Å². The molecule has 0 amide bonds. The lowest BCUT2D eigenvalue weighted by Gasteiger charge is -1.88. The van der Waals surface area contributed by atoms with Gasteiger partial charge < -0.3 is 5.11 Å². The van der Waals surface area contributed by atoms with Crippen LogP contribution in [0.25, 0.3) is 0 Å². The van der Waals surface area contributed by atoms with Gasteiger partial charge in [0.05, 0.1) is 0 Å². The van der Waals surface area contributed by atoms with Crippen molar-refractivity contribution in [3.05, 3.63) is 24.3 Å². The number of hydrogen-bond donors (Lipinski definition) is 1. The summed E-state index contributed by atoms with van der Waals surface area (Å²) in [5.41, 5.74) is 0. The maximum Gasteiger partial charge on any atom is 0.0465 e. The van der Waals surface area contributed by atoms with Crippen LogP contribution in [0.2, 0.25) is 0 Å². The molecule has 0 saturated heterocycles. The van der Waals surface area contributed by atoms with Crippen LogP contribution in [0.5, 0.6) is 0 Å². The molecule has 0 aromatic rings. The standard InChI is InChI=1S/C9H16O/c1-9(2)7-5-3-4-6-8-10/h3-5,7,9-10H,6,8H2,1-2H3/b4-3-,7-5+. The number of rotatable bonds is 4. The lowest BCUT2D eigenvalue weighted by atomic mass is 10.2. The summed E-state index contributed by atoms with van der Waals surface area (Å²) in [4.78, 5) is 0. The SMILES string of the molecule is CC(C)/C=C/C=C\CCO. The third-order valence-electron chi connectivity index (χ3n) is 1.04. The quantitative estimate of drug-likeness (QED) is 0.593. The van der Waals surface area contributed by atoms with Crippen LogP contribution in [0, 0.1) is 5.92 Å². The summed E-state index contributed by atoms with van der Waals surface area (Å²) >= 11 is 0. The van der Waals surface area contributed by atoms with E-state index in [1.807, 2.05) is 18.2 Å². The Hall–Kier alpha value is -0.560. The fourth-order valence-electron chi connectivity index (χ4n) is 0.536. The van der Waals surface area contributed by atoms with Gasteiger partial charge >= 0.3 is 0 Å². The van der Waals surface area contributed by atoms with Gasteiger partial charge in [-0.2, -0.15) is 0 Å². The van der Waals surface area contributed by atoms with E-state index < -0.39 is 0 Å². The summed E-state index contributed by atoms with van der Waals surface area (Å²) in [7, 11) is 0. The minimum atomic E-state index is 0.242. The topological polar surface area (TPSA) is 20.2 Å². The highest BCUT2D eigenvalue weighted by molar-refractivity contribution is 5.03. The van der Waals surface area contributed by atoms with E-state index in [-0.39, 0.29) is 6.61 Å². The third-order valence-corrected chi connectivity index (χ3v) is 1.04. The van der Waals surface area contributed by atoms with Crippen molar-refractivity contribution in [3.8, 4) is 0 Å². The molecule has 0 spiro atoms. The molecule has 58 valence electrons. The van der Waals surface area contributed by atoms with Crippen molar-refractivity contribution < 1.29 is 5.11 Å². The van der Waals surface area contributed by atoms with Crippen molar-refractivity contribution in [3.63, 3.8) is 0 Å². The maximum absolute atomic E-state index is 8.40. The smallest absolute Gasteiger partial charge is 0.0465 e. The van der Waals surface area contributed by atoms with Gasteiger partial charge in [-0.15, -0.1) is 0 Å². The molecular weight excluding hydrogens is 124 g/mol. The molecule has 1 N–H and O–H groups in total. The second kappa shape index (κ2) is 6.56. The van der Waals surface area contributed by atoms with Gasteiger partial charge in [-0.05, 0) is 12.3 Å². The molecule has 0 aliphatic carbocycles. The van der Waals surface area contributed by atoms with Crippen molar-refractivity contribution in [2.45, 2.75) is 20.3 Å². The molecule has 0 aromatic heterocycles. The number of aliphatic hydroxyl groups is 1. The Morgan fingerprint density at radius 1 is 1.30 bits per heavy atom. The van der Waals surface area contributed by atoms with Gasteiger partial charge in [-0.25, -0.2) is 0 Å². The van der Waals surface area contributed by atoms with Crippen molar-refractivity contribution >= 4 is 0 Å². The summed E-state index contributed by atoms with van der Waals surface area (Å²) in [5, 5.41) is 8.40. The highest BCUT2D eigenvalue weighted by atomic mass is 16.2. The van der Waals surface area contributed by atoms with Crippen LogP contribution >= 0.6 is 0 Å². The fraction of sp³-hybridized carbons (Fsp3) is 0.556. The Bertz CT molecular complexity index is 112. The molecule has 0 unspecified atom stereocenters. The molecule has 0 saturated carbocycles. The first-order valence-corrected chi connectivity index (χ1v) is 3.71. The summed E-state index contributed by atoms with van der Waals surface area (Å²) in [6.45, 7) is 4.51. The van der Waals surface area contributed by atoms with E-state index in [9.17, 15) is 0 Å². The first-order valence-electron chi connectivity index (χ1n) is 3.71. The molecule has 0 atom stereocenters. The summed E-state index contributed by atoms with van der Waals surface area (Å²) in [6.07, 6.45) is 8.81. The number of allylic oxidation sites excluding steroid dienone is 3. The Morgan fingerprint density at radius 3 is 2.50 bits per heavy atom. The monoisotopic (exact) mass is 140 g/mol. The van der Waals surface area contributed by atoms with Gasteiger partial charge in [0.25, 0.3) is 0 Å². The van der Waals surface area contributed by atoms with Crippen LogP contribution in [0.15, 0.2) is 24.3 Å². The van der Waals surface area contributed by atoms with E-state index in [0.717, 1.165) is 6.42 Å². The van der Waals surface area contributed by atoms with Gasteiger partial charge in [0, 0.05) is 6.61 Å². The van der Waals surface area contributed by atoms with Crippen LogP contribution in [0.1, 0.15) is 20.3 Å². The summed E-state index contributed by atoms with van der Waals surface area (Å²) in [6, 6.07) is 0. The van der Waals surface area contributed by atoms with Crippen molar-refractivity contribution in [2.75, 3.05) is 6.61 Å². The predicted molar refractivity (Wildman–Crippen MR) is 44.8 cm³/mol. The summed E-state index contributed by atoms with van der Waals surface area (Å²) in [5.74, 6) is 0.610. The molecule has 0 bridgehead atoms. The van der Waals surface area contributed by atoms with Crippen molar-refractivity contribution in [1.82, 2.24) is 0 Å². The lowest BCUT2D eigenvalue weighted by Crippen LogP contribution is -1.76. The summed E-state index contributed by atoms with van der Waals surface area (Å²) < 4.78 is 0. The van der Waals surface area contributed by atoms with Crippen molar-refractivity contribution in [1.29, 1.82) is 0 Å². The highest BCUT2D eigenvalue weighted by Crippen LogP contribution is 1.93. The highest BCUT2D eigenvalue weighted by Gasteiger charge is 1.78. The molecule has 0 rings (SSSR count). The molecule has 1 heteroatoms. The minimum absolute atomic E-state index is 0.242. The van der Waals surface area contributed by atoms with Gasteiger partial charge in [-0.1, -0.05) is 38.2 Å². The molecule has 0 aliphatic rings. The Morgan fingerprint density at radius 2 is 2.00 bits per heavy atom. The first kappa shape index (κ1) is 9.44. The van der Waals surface area contributed by atoms with E-state index in [4.69, 9.17) is 5.11 Å². The normalized spacial score (nSPS) is 12.4. The zero-order valence-corrected chi connectivity index (χ0v) is 6.75. The average molecular weight is 140 g/mol. The number of hydrogen-bond acceptors (Lipinski definition) is 1. The van der Waals surface area contributed by atoms with Crippen LogP contribution in [0.4, 0.5) is 0 Å². The van der Waals surface area contributed by atoms with E-state index in [2.05, 4.69) is 19.9 Å². The molecular formula is C9H16O. The minimum Gasteiger partial charge on any atom is -0.396 e. The van der Waals surface area contributed by atoms with Crippen LogP contribution in [-0.4, -0.2) is 11.7 Å². The van der Waals surface area contributed by atoms with Gasteiger partial charge in [0.1, 0.15) is 0 Å². The predicted octanol–water partition coefficient (Wildman–Crippen LogP) is 2.14.